The molecule has 0 radical (unpaired) electrons. The lowest BCUT2D eigenvalue weighted by Gasteiger charge is -2.07. The number of Topliss-reactive ketones (excluding diaryl/α,β-unsaturated/α-hetero) is 1. The lowest BCUT2D eigenvalue weighted by Crippen LogP contribution is -2.31. The monoisotopic (exact) mass is 300 g/mol. The molecule has 1 amide bonds. The Morgan fingerprint density at radius 3 is 2.29 bits per heavy atom. The minimum absolute atomic E-state index is 0.0838. The topological polar surface area (TPSA) is 95.5 Å². The first-order chi connectivity index (χ1) is 9.88. The Morgan fingerprint density at radius 2 is 1.76 bits per heavy atom. The van der Waals surface area contributed by atoms with E-state index in [2.05, 4.69) is 10.1 Å². The quantitative estimate of drug-likeness (QED) is 0.688. The van der Waals surface area contributed by atoms with Crippen molar-refractivity contribution in [3.8, 4) is 5.75 Å². The lowest BCUT2D eigenvalue weighted by molar-refractivity contribution is -0.305. The molecule has 0 saturated heterocycles. The minimum Gasteiger partial charge on any atom is -0.550 e. The zero-order valence-corrected chi connectivity index (χ0v) is 10.8. The van der Waals surface area contributed by atoms with Gasteiger partial charge in [0.1, 0.15) is 5.75 Å². The molecular formula is C13H12F2NO5-. The molecule has 1 aromatic carbocycles. The van der Waals surface area contributed by atoms with Crippen LogP contribution in [0.2, 0.25) is 0 Å². The Morgan fingerprint density at radius 1 is 1.14 bits per heavy atom. The van der Waals surface area contributed by atoms with Crippen LogP contribution in [0, 0.1) is 0 Å². The van der Waals surface area contributed by atoms with E-state index >= 15 is 0 Å². The van der Waals surface area contributed by atoms with Gasteiger partial charge in [-0.1, -0.05) is 0 Å². The number of alkyl halides is 2. The SMILES string of the molecule is O=C([O-])CCC(=O)NCC(=O)c1ccc(OC(F)F)cc1. The summed E-state index contributed by atoms with van der Waals surface area (Å²) in [7, 11) is 0. The molecule has 0 aromatic heterocycles. The van der Waals surface area contributed by atoms with Crippen molar-refractivity contribution in [3.63, 3.8) is 0 Å². The number of ketones is 1. The Labute approximate surface area is 118 Å². The number of rotatable bonds is 8. The van der Waals surface area contributed by atoms with Gasteiger partial charge in [0.2, 0.25) is 5.91 Å². The molecule has 0 bridgehead atoms. The molecule has 114 valence electrons. The van der Waals surface area contributed by atoms with Gasteiger partial charge in [-0.15, -0.1) is 0 Å². The number of carboxylic acids is 1. The molecule has 0 spiro atoms. The number of carbonyl (C=O) groups excluding carboxylic acids is 3. The van der Waals surface area contributed by atoms with Crippen LogP contribution >= 0.6 is 0 Å². The third-order valence-corrected chi connectivity index (χ3v) is 2.40. The number of benzene rings is 1. The molecule has 0 aliphatic heterocycles. The Kier molecular flexibility index (Phi) is 6.25. The van der Waals surface area contributed by atoms with E-state index in [1.807, 2.05) is 0 Å². The first-order valence-electron chi connectivity index (χ1n) is 5.93. The molecule has 1 rings (SSSR count). The van der Waals surface area contributed by atoms with E-state index < -0.39 is 30.7 Å². The van der Waals surface area contributed by atoms with Crippen molar-refractivity contribution in [2.75, 3.05) is 6.54 Å². The average Bonchev–Trinajstić information content (AvgIpc) is 2.42. The third-order valence-electron chi connectivity index (χ3n) is 2.40. The molecule has 1 N–H and O–H groups in total. The third kappa shape index (κ3) is 6.46. The summed E-state index contributed by atoms with van der Waals surface area (Å²) in [5.74, 6) is -2.48. The fraction of sp³-hybridized carbons (Fsp3) is 0.308. The van der Waals surface area contributed by atoms with Crippen molar-refractivity contribution in [1.82, 2.24) is 5.32 Å². The first-order valence-corrected chi connectivity index (χ1v) is 5.93. The van der Waals surface area contributed by atoms with E-state index in [0.29, 0.717) is 0 Å². The van der Waals surface area contributed by atoms with Crippen molar-refractivity contribution in [2.24, 2.45) is 0 Å². The average molecular weight is 300 g/mol. The number of amides is 1. The smallest absolute Gasteiger partial charge is 0.387 e. The molecule has 6 nitrogen and oxygen atoms in total. The van der Waals surface area contributed by atoms with E-state index in [-0.39, 0.29) is 24.3 Å². The van der Waals surface area contributed by atoms with Crippen LogP contribution in [-0.4, -0.2) is 30.8 Å². The van der Waals surface area contributed by atoms with Gasteiger partial charge in [0.25, 0.3) is 0 Å². The molecule has 8 heteroatoms. The van der Waals surface area contributed by atoms with Crippen LogP contribution < -0.4 is 15.2 Å². The van der Waals surface area contributed by atoms with E-state index in [4.69, 9.17) is 0 Å². The molecule has 0 fully saturated rings. The zero-order chi connectivity index (χ0) is 15.8. The van der Waals surface area contributed by atoms with Crippen LogP contribution in [0.15, 0.2) is 24.3 Å². The molecule has 0 aliphatic rings. The highest BCUT2D eigenvalue weighted by Gasteiger charge is 2.09. The van der Waals surface area contributed by atoms with E-state index in [0.717, 1.165) is 0 Å². The molecular weight excluding hydrogens is 288 g/mol. The summed E-state index contributed by atoms with van der Waals surface area (Å²) in [5.41, 5.74) is 0.205. The number of nitrogens with one attached hydrogen (secondary N) is 1. The number of carboxylic acid groups (broad SMARTS) is 1. The maximum atomic E-state index is 11.9. The fourth-order valence-corrected chi connectivity index (χ4v) is 1.41. The Balaban J connectivity index is 2.45. The molecule has 0 saturated carbocycles. The summed E-state index contributed by atoms with van der Waals surface area (Å²) in [6.07, 6.45) is -0.712. The van der Waals surface area contributed by atoms with Crippen LogP contribution in [0.25, 0.3) is 0 Å². The van der Waals surface area contributed by atoms with Crippen LogP contribution in [0.3, 0.4) is 0 Å². The van der Waals surface area contributed by atoms with Crippen molar-refractivity contribution in [3.05, 3.63) is 29.8 Å². The van der Waals surface area contributed by atoms with E-state index in [9.17, 15) is 28.3 Å². The summed E-state index contributed by atoms with van der Waals surface area (Å²) < 4.78 is 28.0. The predicted molar refractivity (Wildman–Crippen MR) is 64.7 cm³/mol. The largest absolute Gasteiger partial charge is 0.550 e. The summed E-state index contributed by atoms with van der Waals surface area (Å²) in [6.45, 7) is -3.27. The van der Waals surface area contributed by atoms with Crippen molar-refractivity contribution < 1.29 is 33.0 Å². The normalized spacial score (nSPS) is 10.2. The summed E-state index contributed by atoms with van der Waals surface area (Å²) >= 11 is 0. The van der Waals surface area contributed by atoms with Crippen LogP contribution in [-0.2, 0) is 9.59 Å². The lowest BCUT2D eigenvalue weighted by atomic mass is 10.1. The number of aliphatic carboxylic acids is 1. The second-order valence-electron chi connectivity index (χ2n) is 3.97. The minimum atomic E-state index is -2.95. The van der Waals surface area contributed by atoms with Gasteiger partial charge in [-0.2, -0.15) is 8.78 Å². The highest BCUT2D eigenvalue weighted by molar-refractivity contribution is 5.99. The van der Waals surface area contributed by atoms with Gasteiger partial charge in [-0.3, -0.25) is 9.59 Å². The standard InChI is InChI=1S/C13H13F2NO5/c14-13(15)21-9-3-1-8(2-4-9)10(17)7-16-11(18)5-6-12(19)20/h1-4,13H,5-7H2,(H,16,18)(H,19,20)/p-1. The maximum Gasteiger partial charge on any atom is 0.387 e. The highest BCUT2D eigenvalue weighted by Crippen LogP contribution is 2.15. The molecule has 0 atom stereocenters. The summed E-state index contributed by atoms with van der Waals surface area (Å²) in [4.78, 5) is 33.0. The second-order valence-corrected chi connectivity index (χ2v) is 3.97. The van der Waals surface area contributed by atoms with Crippen LogP contribution in [0.4, 0.5) is 8.78 Å². The molecule has 0 aliphatic carbocycles. The number of hydrogen-bond acceptors (Lipinski definition) is 5. The highest BCUT2D eigenvalue weighted by atomic mass is 19.3. The second kappa shape index (κ2) is 7.93. The molecule has 0 unspecified atom stereocenters. The van der Waals surface area contributed by atoms with Crippen molar-refractivity contribution in [1.29, 1.82) is 0 Å². The van der Waals surface area contributed by atoms with Gasteiger partial charge >= 0.3 is 6.61 Å². The van der Waals surface area contributed by atoms with Gasteiger partial charge in [-0.25, -0.2) is 0 Å². The molecule has 21 heavy (non-hydrogen) atoms. The van der Waals surface area contributed by atoms with Gasteiger partial charge in [0.05, 0.1) is 6.54 Å². The van der Waals surface area contributed by atoms with Gasteiger partial charge in [0.15, 0.2) is 5.78 Å². The number of hydrogen-bond donors (Lipinski definition) is 1. The maximum absolute atomic E-state index is 11.9. The van der Waals surface area contributed by atoms with Gasteiger partial charge < -0.3 is 20.0 Å². The zero-order valence-electron chi connectivity index (χ0n) is 10.8. The number of carbonyl (C=O) groups is 3. The fourth-order valence-electron chi connectivity index (χ4n) is 1.41. The van der Waals surface area contributed by atoms with Gasteiger partial charge in [-0.05, 0) is 30.7 Å². The predicted octanol–water partition coefficient (Wildman–Crippen LogP) is 0.117. The van der Waals surface area contributed by atoms with E-state index in [1.165, 1.54) is 24.3 Å². The summed E-state index contributed by atoms with van der Waals surface area (Å²) in [6, 6.07) is 4.98. The van der Waals surface area contributed by atoms with Crippen LogP contribution in [0.1, 0.15) is 23.2 Å². The van der Waals surface area contributed by atoms with Crippen molar-refractivity contribution in [2.45, 2.75) is 19.5 Å². The molecule has 1 aromatic rings. The Hall–Kier alpha value is -2.51. The molecule has 0 heterocycles. The van der Waals surface area contributed by atoms with Gasteiger partial charge in [0, 0.05) is 18.0 Å². The number of ether oxygens (including phenoxy) is 1. The van der Waals surface area contributed by atoms with Crippen LogP contribution in [0.5, 0.6) is 5.75 Å². The first kappa shape index (κ1) is 16.5. The van der Waals surface area contributed by atoms with E-state index in [1.54, 1.807) is 0 Å². The summed E-state index contributed by atoms with van der Waals surface area (Å²) in [5, 5.41) is 12.4. The number of halogens is 2. The van der Waals surface area contributed by atoms with Crippen molar-refractivity contribution >= 4 is 17.7 Å². The Bertz CT molecular complexity index is 516.